The zero-order valence-corrected chi connectivity index (χ0v) is 26.6. The highest BCUT2D eigenvalue weighted by molar-refractivity contribution is 7.18. The molecule has 16 heteroatoms. The summed E-state index contributed by atoms with van der Waals surface area (Å²) in [6.07, 6.45) is 1.07. The molecule has 0 aliphatic carbocycles. The Labute approximate surface area is 281 Å². The molecule has 0 saturated carbocycles. The second kappa shape index (κ2) is 14.1. The van der Waals surface area contributed by atoms with Crippen LogP contribution in [0.1, 0.15) is 10.4 Å². The Kier molecular flexibility index (Phi) is 9.50. The zero-order chi connectivity index (χ0) is 34.5. The van der Waals surface area contributed by atoms with Gasteiger partial charge in [0.05, 0.1) is 42.9 Å². The number of carbonyl (C=O) groups is 1. The van der Waals surface area contributed by atoms with E-state index in [0.717, 1.165) is 36.2 Å². The SMILES string of the molecule is NC=NC=NCC(O)(COC(=O)NCc1cc2c(nc(N)c(=O)n2-c2ccc3c(c2)N(c2ccccc2)CCO3)s1)c1cc(F)cc(F)c1. The van der Waals surface area contributed by atoms with Gasteiger partial charge in [0, 0.05) is 16.6 Å². The number of amides is 1. The molecule has 1 aliphatic rings. The lowest BCUT2D eigenvalue weighted by atomic mass is 9.94. The molecule has 1 atom stereocenters. The Morgan fingerprint density at radius 1 is 1.12 bits per heavy atom. The molecule has 6 rings (SSSR count). The van der Waals surface area contributed by atoms with Crippen LogP contribution in [0.4, 0.5) is 30.8 Å². The standard InChI is InChI=1S/C33H30F2N8O5S/c34-21-10-20(11-22(35)12-21)33(46,16-38-19-39-18-36)17-48-32(45)40-15-25-14-27-30(49-25)41-29(37)31(44)43(27)24-6-7-28-26(13-24)42(8-9-47-28)23-4-2-1-3-5-23/h1-7,10-14,18-19,46H,8-9,15-17H2,(H2,37,41)(H,40,45)(H2,36,38,39). The molecule has 0 radical (unpaired) electrons. The second-order valence-electron chi connectivity index (χ2n) is 10.9. The maximum atomic E-state index is 14.0. The van der Waals surface area contributed by atoms with Crippen molar-refractivity contribution in [3.05, 3.63) is 105 Å². The summed E-state index contributed by atoms with van der Waals surface area (Å²) in [5.74, 6) is -1.40. The Morgan fingerprint density at radius 2 is 1.90 bits per heavy atom. The van der Waals surface area contributed by atoms with Crippen LogP contribution in [-0.4, -0.2) is 59.7 Å². The molecule has 2 aromatic heterocycles. The van der Waals surface area contributed by atoms with Crippen LogP contribution in [0.2, 0.25) is 0 Å². The fourth-order valence-corrected chi connectivity index (χ4v) is 6.28. The quantitative estimate of drug-likeness (QED) is 0.125. The van der Waals surface area contributed by atoms with E-state index in [1.807, 2.05) is 36.4 Å². The van der Waals surface area contributed by atoms with Gasteiger partial charge in [-0.3, -0.25) is 14.4 Å². The number of anilines is 3. The number of nitrogens with two attached hydrogens (primary N) is 2. The summed E-state index contributed by atoms with van der Waals surface area (Å²) in [7, 11) is 0. The number of ether oxygens (including phenoxy) is 2. The van der Waals surface area contributed by atoms with Gasteiger partial charge in [0.25, 0.3) is 5.56 Å². The molecule has 5 aromatic rings. The van der Waals surface area contributed by atoms with Gasteiger partial charge in [-0.1, -0.05) is 18.2 Å². The molecule has 0 fully saturated rings. The predicted octanol–water partition coefficient (Wildman–Crippen LogP) is 3.97. The number of aromatic nitrogens is 2. The molecule has 49 heavy (non-hydrogen) atoms. The largest absolute Gasteiger partial charge is 0.490 e. The summed E-state index contributed by atoms with van der Waals surface area (Å²) in [4.78, 5) is 41.0. The van der Waals surface area contributed by atoms with E-state index in [2.05, 4.69) is 25.2 Å². The number of halogens is 2. The molecular weight excluding hydrogens is 658 g/mol. The van der Waals surface area contributed by atoms with Crippen LogP contribution in [0.5, 0.6) is 5.75 Å². The van der Waals surface area contributed by atoms with Crippen LogP contribution < -0.4 is 32.0 Å². The fraction of sp³-hybridized carbons (Fsp3) is 0.182. The van der Waals surface area contributed by atoms with Gasteiger partial charge in [0.15, 0.2) is 5.82 Å². The summed E-state index contributed by atoms with van der Waals surface area (Å²) in [5, 5.41) is 13.8. The predicted molar refractivity (Wildman–Crippen MR) is 183 cm³/mol. The van der Waals surface area contributed by atoms with Gasteiger partial charge in [0.1, 0.15) is 47.4 Å². The molecule has 13 nitrogen and oxygen atoms in total. The molecule has 1 unspecified atom stereocenters. The van der Waals surface area contributed by atoms with Crippen LogP contribution in [0.15, 0.2) is 87.6 Å². The number of nitrogens with zero attached hydrogens (tertiary/aromatic N) is 5. The first kappa shape index (κ1) is 33.0. The molecule has 252 valence electrons. The number of rotatable bonds is 10. The molecule has 0 spiro atoms. The number of benzene rings is 3. The number of para-hydroxylation sites is 1. The summed E-state index contributed by atoms with van der Waals surface area (Å²) in [6, 6.07) is 19.4. The minimum atomic E-state index is -2.09. The molecule has 6 N–H and O–H groups in total. The van der Waals surface area contributed by atoms with Gasteiger partial charge in [0.2, 0.25) is 0 Å². The van der Waals surface area contributed by atoms with E-state index >= 15 is 0 Å². The minimum Gasteiger partial charge on any atom is -0.490 e. The summed E-state index contributed by atoms with van der Waals surface area (Å²) in [6.45, 7) is -0.0708. The number of carbonyl (C=O) groups excluding carboxylic acids is 1. The molecule has 0 bridgehead atoms. The molecule has 3 aromatic carbocycles. The highest BCUT2D eigenvalue weighted by Crippen LogP contribution is 2.38. The van der Waals surface area contributed by atoms with E-state index < -0.39 is 42.0 Å². The number of fused-ring (bicyclic) bond motifs is 2. The third kappa shape index (κ3) is 7.19. The van der Waals surface area contributed by atoms with E-state index in [9.17, 15) is 23.5 Å². The molecular formula is C33H30F2N8O5S. The van der Waals surface area contributed by atoms with Crippen molar-refractivity contribution in [1.29, 1.82) is 0 Å². The van der Waals surface area contributed by atoms with Crippen molar-refractivity contribution in [2.24, 2.45) is 15.7 Å². The second-order valence-corrected chi connectivity index (χ2v) is 12.0. The van der Waals surface area contributed by atoms with E-state index in [0.29, 0.717) is 45.9 Å². The smallest absolute Gasteiger partial charge is 0.407 e. The van der Waals surface area contributed by atoms with Crippen molar-refractivity contribution >= 4 is 57.6 Å². The van der Waals surface area contributed by atoms with E-state index in [1.54, 1.807) is 18.2 Å². The maximum absolute atomic E-state index is 14.0. The van der Waals surface area contributed by atoms with Gasteiger partial charge in [-0.2, -0.15) is 0 Å². The average Bonchev–Trinajstić information content (AvgIpc) is 3.50. The Balaban J connectivity index is 1.22. The Hall–Kier alpha value is -5.87. The number of aliphatic hydroxyl groups is 1. The molecule has 1 aliphatic heterocycles. The lowest BCUT2D eigenvalue weighted by Gasteiger charge is -2.31. The van der Waals surface area contributed by atoms with Crippen molar-refractivity contribution in [3.63, 3.8) is 0 Å². The highest BCUT2D eigenvalue weighted by Gasteiger charge is 2.32. The van der Waals surface area contributed by atoms with Gasteiger partial charge < -0.3 is 36.3 Å². The first-order chi connectivity index (χ1) is 23.6. The fourth-order valence-electron chi connectivity index (χ4n) is 5.32. The average molecular weight is 689 g/mol. The number of hydrogen-bond acceptors (Lipinski definition) is 10. The summed E-state index contributed by atoms with van der Waals surface area (Å²) < 4.78 is 40.5. The summed E-state index contributed by atoms with van der Waals surface area (Å²) in [5.41, 5.74) is 11.2. The van der Waals surface area contributed by atoms with Crippen molar-refractivity contribution in [2.75, 3.05) is 36.9 Å². The van der Waals surface area contributed by atoms with E-state index in [4.69, 9.17) is 20.9 Å². The molecule has 1 amide bonds. The number of nitrogen functional groups attached to an aromatic ring is 1. The number of nitrogens with one attached hydrogen (secondary N) is 1. The van der Waals surface area contributed by atoms with Crippen molar-refractivity contribution < 1.29 is 28.2 Å². The third-order valence-electron chi connectivity index (χ3n) is 7.60. The lowest BCUT2D eigenvalue weighted by Crippen LogP contribution is -2.38. The number of aliphatic imine (C=N–C) groups is 2. The summed E-state index contributed by atoms with van der Waals surface area (Å²) >= 11 is 1.20. The third-order valence-corrected chi connectivity index (χ3v) is 8.62. The van der Waals surface area contributed by atoms with Crippen LogP contribution in [-0.2, 0) is 16.9 Å². The molecule has 0 saturated heterocycles. The van der Waals surface area contributed by atoms with E-state index in [1.165, 1.54) is 15.9 Å². The topological polar surface area (TPSA) is 183 Å². The first-order valence-corrected chi connectivity index (χ1v) is 15.7. The van der Waals surface area contributed by atoms with Gasteiger partial charge in [-0.05, 0) is 54.1 Å². The monoisotopic (exact) mass is 688 g/mol. The van der Waals surface area contributed by atoms with E-state index in [-0.39, 0.29) is 17.9 Å². The Morgan fingerprint density at radius 3 is 2.65 bits per heavy atom. The van der Waals surface area contributed by atoms with Crippen molar-refractivity contribution in [3.8, 4) is 11.4 Å². The molecule has 3 heterocycles. The Bertz CT molecular complexity index is 2100. The zero-order valence-electron chi connectivity index (χ0n) is 25.8. The van der Waals surface area contributed by atoms with Crippen LogP contribution in [0.25, 0.3) is 16.0 Å². The van der Waals surface area contributed by atoms with Crippen LogP contribution in [0, 0.1) is 11.6 Å². The van der Waals surface area contributed by atoms with Gasteiger partial charge in [-0.25, -0.2) is 23.6 Å². The van der Waals surface area contributed by atoms with Crippen molar-refractivity contribution in [1.82, 2.24) is 14.9 Å². The first-order valence-electron chi connectivity index (χ1n) is 14.9. The van der Waals surface area contributed by atoms with Crippen LogP contribution >= 0.6 is 11.3 Å². The number of hydrogen-bond donors (Lipinski definition) is 4. The highest BCUT2D eigenvalue weighted by atomic mass is 32.1. The number of alkyl carbamates (subject to hydrolysis) is 1. The van der Waals surface area contributed by atoms with Crippen molar-refractivity contribution in [2.45, 2.75) is 12.1 Å². The minimum absolute atomic E-state index is 0.0375. The normalized spacial score (nSPS) is 14.1. The van der Waals surface area contributed by atoms with Gasteiger partial charge in [-0.15, -0.1) is 11.3 Å². The van der Waals surface area contributed by atoms with Gasteiger partial charge >= 0.3 is 6.09 Å². The maximum Gasteiger partial charge on any atom is 0.407 e. The lowest BCUT2D eigenvalue weighted by molar-refractivity contribution is -0.0190. The van der Waals surface area contributed by atoms with Crippen LogP contribution in [0.3, 0.4) is 0 Å². The number of thiophene rings is 1.